The molecule has 0 bridgehead atoms. The molecule has 1 aromatic carbocycles. The molecule has 1 rings (SSSR count). The van der Waals surface area contributed by atoms with Crippen molar-refractivity contribution in [1.82, 2.24) is 5.32 Å². The van der Waals surface area contributed by atoms with E-state index in [0.717, 1.165) is 6.54 Å². The fourth-order valence-electron chi connectivity index (χ4n) is 1.66. The summed E-state index contributed by atoms with van der Waals surface area (Å²) in [6.45, 7) is 9.09. The average molecular weight is 233 g/mol. The van der Waals surface area contributed by atoms with E-state index in [4.69, 9.17) is 5.73 Å². The van der Waals surface area contributed by atoms with E-state index in [0.29, 0.717) is 17.9 Å². The molecule has 1 unspecified atom stereocenters. The van der Waals surface area contributed by atoms with Gasteiger partial charge in [-0.2, -0.15) is 0 Å². The molecule has 0 aliphatic carbocycles. The molecule has 3 nitrogen and oxygen atoms in total. The standard InChI is InChI=1S/C14H23N3/c1-10(2)17-14(15)16-9-12(4)13-7-5-6-11(3)8-13/h5-8,10,12H,9H2,1-4H3,(H3,15,16,17). The summed E-state index contributed by atoms with van der Waals surface area (Å²) in [6.07, 6.45) is 0. The van der Waals surface area contributed by atoms with Gasteiger partial charge in [0, 0.05) is 18.5 Å². The highest BCUT2D eigenvalue weighted by Gasteiger charge is 2.05. The minimum atomic E-state index is 0.327. The van der Waals surface area contributed by atoms with E-state index in [2.05, 4.69) is 48.4 Å². The Bertz CT molecular complexity index is 383. The summed E-state index contributed by atoms with van der Waals surface area (Å²) in [5, 5.41) is 3.09. The zero-order chi connectivity index (χ0) is 12.8. The van der Waals surface area contributed by atoms with E-state index in [-0.39, 0.29) is 0 Å². The van der Waals surface area contributed by atoms with E-state index in [1.807, 2.05) is 13.8 Å². The summed E-state index contributed by atoms with van der Waals surface area (Å²) in [7, 11) is 0. The van der Waals surface area contributed by atoms with Crippen LogP contribution in [0.25, 0.3) is 0 Å². The van der Waals surface area contributed by atoms with Crippen molar-refractivity contribution in [2.24, 2.45) is 10.7 Å². The Labute approximate surface area is 104 Å². The molecule has 0 saturated carbocycles. The first-order valence-electron chi connectivity index (χ1n) is 6.12. The lowest BCUT2D eigenvalue weighted by atomic mass is 10.00. The van der Waals surface area contributed by atoms with Crippen LogP contribution in [-0.4, -0.2) is 18.5 Å². The number of aliphatic imine (C=N–C) groups is 1. The van der Waals surface area contributed by atoms with Gasteiger partial charge in [0.25, 0.3) is 0 Å². The topological polar surface area (TPSA) is 50.4 Å². The third-order valence-corrected chi connectivity index (χ3v) is 2.58. The fraction of sp³-hybridized carbons (Fsp3) is 0.500. The minimum Gasteiger partial charge on any atom is -0.370 e. The Hall–Kier alpha value is -1.51. The number of guanidine groups is 1. The molecule has 3 N–H and O–H groups in total. The van der Waals surface area contributed by atoms with Crippen LogP contribution >= 0.6 is 0 Å². The fourth-order valence-corrected chi connectivity index (χ4v) is 1.66. The van der Waals surface area contributed by atoms with E-state index < -0.39 is 0 Å². The molecule has 0 saturated heterocycles. The van der Waals surface area contributed by atoms with Crippen LogP contribution in [0.15, 0.2) is 29.3 Å². The Morgan fingerprint density at radius 2 is 2.06 bits per heavy atom. The molecule has 0 aliphatic heterocycles. The lowest BCUT2D eigenvalue weighted by Crippen LogP contribution is -2.37. The number of nitrogens with zero attached hydrogens (tertiary/aromatic N) is 1. The zero-order valence-corrected chi connectivity index (χ0v) is 11.2. The predicted molar refractivity (Wildman–Crippen MR) is 74.4 cm³/mol. The van der Waals surface area contributed by atoms with E-state index in [1.54, 1.807) is 0 Å². The normalized spacial score (nSPS) is 13.8. The highest BCUT2D eigenvalue weighted by molar-refractivity contribution is 5.78. The smallest absolute Gasteiger partial charge is 0.188 e. The maximum Gasteiger partial charge on any atom is 0.188 e. The van der Waals surface area contributed by atoms with Crippen molar-refractivity contribution in [1.29, 1.82) is 0 Å². The summed E-state index contributed by atoms with van der Waals surface area (Å²) in [5.74, 6) is 0.918. The molecule has 0 aromatic heterocycles. The van der Waals surface area contributed by atoms with E-state index in [1.165, 1.54) is 11.1 Å². The highest BCUT2D eigenvalue weighted by Crippen LogP contribution is 2.16. The SMILES string of the molecule is Cc1cccc(C(C)CN=C(N)NC(C)C)c1. The van der Waals surface area contributed by atoms with Gasteiger partial charge in [-0.15, -0.1) is 0 Å². The molecular formula is C14H23N3. The van der Waals surface area contributed by atoms with Crippen molar-refractivity contribution < 1.29 is 0 Å². The molecule has 0 radical (unpaired) electrons. The van der Waals surface area contributed by atoms with Crippen molar-refractivity contribution >= 4 is 5.96 Å². The summed E-state index contributed by atoms with van der Waals surface area (Å²) < 4.78 is 0. The summed E-state index contributed by atoms with van der Waals surface area (Å²) >= 11 is 0. The zero-order valence-electron chi connectivity index (χ0n) is 11.2. The first-order valence-corrected chi connectivity index (χ1v) is 6.12. The van der Waals surface area contributed by atoms with Crippen LogP contribution in [0.4, 0.5) is 0 Å². The molecule has 3 heteroatoms. The monoisotopic (exact) mass is 233 g/mol. The van der Waals surface area contributed by atoms with E-state index >= 15 is 0 Å². The van der Waals surface area contributed by atoms with Crippen molar-refractivity contribution in [3.05, 3.63) is 35.4 Å². The predicted octanol–water partition coefficient (Wildman–Crippen LogP) is 2.41. The van der Waals surface area contributed by atoms with Crippen molar-refractivity contribution in [3.8, 4) is 0 Å². The summed E-state index contributed by atoms with van der Waals surface area (Å²) in [4.78, 5) is 4.35. The van der Waals surface area contributed by atoms with Gasteiger partial charge in [0.2, 0.25) is 0 Å². The third-order valence-electron chi connectivity index (χ3n) is 2.58. The van der Waals surface area contributed by atoms with Gasteiger partial charge >= 0.3 is 0 Å². The van der Waals surface area contributed by atoms with Gasteiger partial charge in [0.1, 0.15) is 0 Å². The Morgan fingerprint density at radius 3 is 2.65 bits per heavy atom. The molecule has 1 aromatic rings. The Kier molecular flexibility index (Phi) is 5.01. The van der Waals surface area contributed by atoms with Gasteiger partial charge in [-0.1, -0.05) is 36.8 Å². The molecule has 0 heterocycles. The van der Waals surface area contributed by atoms with Gasteiger partial charge < -0.3 is 11.1 Å². The maximum atomic E-state index is 5.77. The quantitative estimate of drug-likeness (QED) is 0.620. The molecular weight excluding hydrogens is 210 g/mol. The lowest BCUT2D eigenvalue weighted by Gasteiger charge is -2.12. The second-order valence-electron chi connectivity index (χ2n) is 4.84. The van der Waals surface area contributed by atoms with Gasteiger partial charge in [-0.25, -0.2) is 0 Å². The van der Waals surface area contributed by atoms with Crippen LogP contribution in [0.1, 0.15) is 37.8 Å². The third kappa shape index (κ3) is 4.89. The first kappa shape index (κ1) is 13.6. The average Bonchev–Trinajstić information content (AvgIpc) is 2.25. The van der Waals surface area contributed by atoms with Crippen LogP contribution < -0.4 is 11.1 Å². The Balaban J connectivity index is 2.58. The van der Waals surface area contributed by atoms with Crippen LogP contribution in [0, 0.1) is 6.92 Å². The number of nitrogens with one attached hydrogen (secondary N) is 1. The first-order chi connectivity index (χ1) is 7.99. The largest absolute Gasteiger partial charge is 0.370 e. The molecule has 94 valence electrons. The maximum absolute atomic E-state index is 5.77. The molecule has 0 spiro atoms. The van der Waals surface area contributed by atoms with E-state index in [9.17, 15) is 0 Å². The summed E-state index contributed by atoms with van der Waals surface area (Å²) in [6, 6.07) is 8.85. The number of hydrogen-bond acceptors (Lipinski definition) is 1. The lowest BCUT2D eigenvalue weighted by molar-refractivity contribution is 0.712. The van der Waals surface area contributed by atoms with Gasteiger partial charge in [0.15, 0.2) is 5.96 Å². The van der Waals surface area contributed by atoms with Crippen LogP contribution in [0.5, 0.6) is 0 Å². The molecule has 0 amide bonds. The second-order valence-corrected chi connectivity index (χ2v) is 4.84. The number of benzene rings is 1. The number of rotatable bonds is 4. The number of aryl methyl sites for hydroxylation is 1. The molecule has 1 atom stereocenters. The summed E-state index contributed by atoms with van der Waals surface area (Å²) in [5.41, 5.74) is 8.36. The van der Waals surface area contributed by atoms with Crippen LogP contribution in [0.2, 0.25) is 0 Å². The van der Waals surface area contributed by atoms with Crippen molar-refractivity contribution in [3.63, 3.8) is 0 Å². The van der Waals surface area contributed by atoms with Crippen LogP contribution in [0.3, 0.4) is 0 Å². The molecule has 0 fully saturated rings. The number of nitrogens with two attached hydrogens (primary N) is 1. The minimum absolute atomic E-state index is 0.327. The van der Waals surface area contributed by atoms with Crippen LogP contribution in [-0.2, 0) is 0 Å². The van der Waals surface area contributed by atoms with Gasteiger partial charge in [-0.05, 0) is 26.3 Å². The molecule has 0 aliphatic rings. The van der Waals surface area contributed by atoms with Crippen molar-refractivity contribution in [2.75, 3.05) is 6.54 Å². The Morgan fingerprint density at radius 1 is 1.35 bits per heavy atom. The van der Waals surface area contributed by atoms with Gasteiger partial charge in [-0.3, -0.25) is 4.99 Å². The van der Waals surface area contributed by atoms with Crippen molar-refractivity contribution in [2.45, 2.75) is 39.7 Å². The second kappa shape index (κ2) is 6.28. The molecule has 17 heavy (non-hydrogen) atoms. The van der Waals surface area contributed by atoms with Gasteiger partial charge in [0.05, 0.1) is 0 Å². The highest BCUT2D eigenvalue weighted by atomic mass is 15.1. The number of hydrogen-bond donors (Lipinski definition) is 2.